The normalized spacial score (nSPS) is 11.1. The van der Waals surface area contributed by atoms with Gasteiger partial charge in [0.1, 0.15) is 12.4 Å². The molecule has 3 aromatic carbocycles. The molecule has 0 aliphatic carbocycles. The minimum absolute atomic E-state index is 0.434. The molecule has 0 aliphatic rings. The molecule has 1 aromatic heterocycles. The van der Waals surface area contributed by atoms with Crippen molar-refractivity contribution in [1.82, 2.24) is 15.3 Å². The van der Waals surface area contributed by atoms with Gasteiger partial charge in [0.05, 0.1) is 18.1 Å². The van der Waals surface area contributed by atoms with Crippen LogP contribution in [0.4, 0.5) is 0 Å². The zero-order valence-electron chi connectivity index (χ0n) is 17.8. The molecule has 0 unspecified atom stereocenters. The number of imidazole rings is 1. The number of hydrogen-bond donors (Lipinski definition) is 2. The molecule has 1 heterocycles. The number of methoxy groups -OCH3 is 1. The second-order valence-corrected chi connectivity index (χ2v) is 8.74. The largest absolute Gasteiger partial charge is 0.493 e. The van der Waals surface area contributed by atoms with Crippen LogP contribution in [-0.4, -0.2) is 23.6 Å². The molecule has 0 spiro atoms. The maximum Gasteiger partial charge on any atom is 0.167 e. The van der Waals surface area contributed by atoms with Gasteiger partial charge in [0.15, 0.2) is 11.5 Å². The second kappa shape index (κ2) is 10.9. The molecule has 4 rings (SSSR count). The van der Waals surface area contributed by atoms with Gasteiger partial charge in [-0.25, -0.2) is 4.98 Å². The van der Waals surface area contributed by atoms with Crippen LogP contribution in [0.2, 0.25) is 5.02 Å². The predicted octanol–water partition coefficient (Wildman–Crippen LogP) is 6.29. The zero-order valence-corrected chi connectivity index (χ0v) is 20.2. The SMILES string of the molecule is COc1ccc(Br)c(CNCCCc2nc3ccccc3[nH]2)c1OCc1ccc(Cl)cc1. The number of halogens is 2. The number of hydrogen-bond acceptors (Lipinski definition) is 4. The number of nitrogens with one attached hydrogen (secondary N) is 2. The van der Waals surface area contributed by atoms with Gasteiger partial charge in [-0.3, -0.25) is 0 Å². The lowest BCUT2D eigenvalue weighted by molar-refractivity contribution is 0.280. The van der Waals surface area contributed by atoms with Gasteiger partial charge >= 0.3 is 0 Å². The van der Waals surface area contributed by atoms with Gasteiger partial charge in [0.2, 0.25) is 0 Å². The number of aromatic amines is 1. The third-order valence-corrected chi connectivity index (χ3v) is 6.19. The lowest BCUT2D eigenvalue weighted by Crippen LogP contribution is -2.17. The summed E-state index contributed by atoms with van der Waals surface area (Å²) in [6.07, 6.45) is 1.86. The average Bonchev–Trinajstić information content (AvgIpc) is 3.22. The number of aryl methyl sites for hydroxylation is 1. The van der Waals surface area contributed by atoms with E-state index in [0.717, 1.165) is 57.6 Å². The molecule has 0 saturated carbocycles. The number of aromatic nitrogens is 2. The summed E-state index contributed by atoms with van der Waals surface area (Å²) in [6.45, 7) is 1.95. The van der Waals surface area contributed by atoms with E-state index < -0.39 is 0 Å². The van der Waals surface area contributed by atoms with E-state index in [-0.39, 0.29) is 0 Å². The lowest BCUT2D eigenvalue weighted by Gasteiger charge is -2.17. The highest BCUT2D eigenvalue weighted by atomic mass is 79.9. The van der Waals surface area contributed by atoms with E-state index in [0.29, 0.717) is 23.9 Å². The van der Waals surface area contributed by atoms with E-state index in [9.17, 15) is 0 Å². The fraction of sp³-hybridized carbons (Fsp3) is 0.240. The van der Waals surface area contributed by atoms with Crippen molar-refractivity contribution in [2.45, 2.75) is 26.0 Å². The summed E-state index contributed by atoms with van der Waals surface area (Å²) in [5.41, 5.74) is 4.17. The standard InChI is InChI=1S/C25H25BrClN3O2/c1-31-23-13-12-20(26)19(25(23)32-16-17-8-10-18(27)11-9-17)15-28-14-4-7-24-29-21-5-2-3-6-22(21)30-24/h2-3,5-6,8-13,28H,4,7,14-16H2,1H3,(H,29,30). The van der Waals surface area contributed by atoms with Crippen molar-refractivity contribution in [1.29, 1.82) is 0 Å². The summed E-state index contributed by atoms with van der Waals surface area (Å²) in [5.74, 6) is 2.46. The molecule has 32 heavy (non-hydrogen) atoms. The fourth-order valence-electron chi connectivity index (χ4n) is 3.52. The minimum atomic E-state index is 0.434. The van der Waals surface area contributed by atoms with Gasteiger partial charge in [-0.15, -0.1) is 0 Å². The molecule has 0 fully saturated rings. The lowest BCUT2D eigenvalue weighted by atomic mass is 10.1. The van der Waals surface area contributed by atoms with Crippen molar-refractivity contribution in [2.24, 2.45) is 0 Å². The van der Waals surface area contributed by atoms with E-state index in [1.54, 1.807) is 7.11 Å². The number of benzene rings is 3. The van der Waals surface area contributed by atoms with Gasteiger partial charge < -0.3 is 19.8 Å². The molecule has 166 valence electrons. The third kappa shape index (κ3) is 5.63. The molecule has 0 saturated heterocycles. The molecule has 0 bridgehead atoms. The predicted molar refractivity (Wildman–Crippen MR) is 133 cm³/mol. The molecule has 0 atom stereocenters. The Balaban J connectivity index is 1.35. The Morgan fingerprint density at radius 1 is 1.06 bits per heavy atom. The molecule has 7 heteroatoms. The van der Waals surface area contributed by atoms with E-state index in [1.165, 1.54) is 0 Å². The smallest absolute Gasteiger partial charge is 0.167 e. The topological polar surface area (TPSA) is 59.2 Å². The maximum absolute atomic E-state index is 6.17. The molecule has 0 radical (unpaired) electrons. The summed E-state index contributed by atoms with van der Waals surface area (Å²) >= 11 is 9.65. The Morgan fingerprint density at radius 2 is 1.88 bits per heavy atom. The Hall–Kier alpha value is -2.54. The molecular weight excluding hydrogens is 490 g/mol. The van der Waals surface area contributed by atoms with Gasteiger partial charge in [-0.1, -0.05) is 51.8 Å². The van der Waals surface area contributed by atoms with E-state index >= 15 is 0 Å². The Kier molecular flexibility index (Phi) is 7.68. The number of fused-ring (bicyclic) bond motifs is 1. The van der Waals surface area contributed by atoms with Crippen LogP contribution in [0.15, 0.2) is 65.1 Å². The van der Waals surface area contributed by atoms with E-state index in [4.69, 9.17) is 21.1 Å². The molecule has 5 nitrogen and oxygen atoms in total. The Labute approximate surface area is 201 Å². The Morgan fingerprint density at radius 3 is 2.66 bits per heavy atom. The number of ether oxygens (including phenoxy) is 2. The first kappa shape index (κ1) is 22.6. The number of para-hydroxylation sites is 2. The van der Waals surface area contributed by atoms with Crippen molar-refractivity contribution >= 4 is 38.6 Å². The average molecular weight is 515 g/mol. The number of H-pyrrole nitrogens is 1. The van der Waals surface area contributed by atoms with Gasteiger partial charge in [0.25, 0.3) is 0 Å². The van der Waals surface area contributed by atoms with Gasteiger partial charge in [0, 0.05) is 28.0 Å². The number of nitrogens with zero attached hydrogens (tertiary/aromatic N) is 1. The molecule has 2 N–H and O–H groups in total. The number of rotatable bonds is 10. The van der Waals surface area contributed by atoms with Crippen LogP contribution in [0.3, 0.4) is 0 Å². The monoisotopic (exact) mass is 513 g/mol. The summed E-state index contributed by atoms with van der Waals surface area (Å²) in [5, 5.41) is 4.23. The van der Waals surface area contributed by atoms with Crippen molar-refractivity contribution in [3.63, 3.8) is 0 Å². The second-order valence-electron chi connectivity index (χ2n) is 7.45. The highest BCUT2D eigenvalue weighted by molar-refractivity contribution is 9.10. The quantitative estimate of drug-likeness (QED) is 0.244. The molecule has 0 amide bonds. The van der Waals surface area contributed by atoms with E-state index in [1.807, 2.05) is 54.6 Å². The maximum atomic E-state index is 6.17. The fourth-order valence-corrected chi connectivity index (χ4v) is 4.10. The zero-order chi connectivity index (χ0) is 22.3. The van der Waals surface area contributed by atoms with Crippen LogP contribution in [0, 0.1) is 0 Å². The summed E-state index contributed by atoms with van der Waals surface area (Å²) in [4.78, 5) is 8.02. The Bertz CT molecular complexity index is 1140. The highest BCUT2D eigenvalue weighted by Gasteiger charge is 2.15. The van der Waals surface area contributed by atoms with Gasteiger partial charge in [-0.2, -0.15) is 0 Å². The van der Waals surface area contributed by atoms with Crippen molar-refractivity contribution in [3.8, 4) is 11.5 Å². The minimum Gasteiger partial charge on any atom is -0.493 e. The highest BCUT2D eigenvalue weighted by Crippen LogP contribution is 2.36. The van der Waals surface area contributed by atoms with Crippen molar-refractivity contribution in [3.05, 3.63) is 87.1 Å². The third-order valence-electron chi connectivity index (χ3n) is 5.19. The first-order valence-electron chi connectivity index (χ1n) is 10.5. The van der Waals surface area contributed by atoms with Crippen LogP contribution < -0.4 is 14.8 Å². The van der Waals surface area contributed by atoms with Crippen LogP contribution >= 0.6 is 27.5 Å². The van der Waals surface area contributed by atoms with Crippen molar-refractivity contribution in [2.75, 3.05) is 13.7 Å². The molecule has 0 aliphatic heterocycles. The van der Waals surface area contributed by atoms with Crippen LogP contribution in [0.1, 0.15) is 23.4 Å². The van der Waals surface area contributed by atoms with E-state index in [2.05, 4.69) is 37.3 Å². The van der Waals surface area contributed by atoms with Gasteiger partial charge in [-0.05, 0) is 54.9 Å². The van der Waals surface area contributed by atoms with Crippen LogP contribution in [0.25, 0.3) is 11.0 Å². The van der Waals surface area contributed by atoms with Crippen molar-refractivity contribution < 1.29 is 9.47 Å². The summed E-state index contributed by atoms with van der Waals surface area (Å²) in [7, 11) is 1.66. The van der Waals surface area contributed by atoms with Crippen LogP contribution in [-0.2, 0) is 19.6 Å². The first-order chi connectivity index (χ1) is 15.6. The molecule has 4 aromatic rings. The summed E-state index contributed by atoms with van der Waals surface area (Å²) in [6, 6.07) is 19.6. The molecular formula is C25H25BrClN3O2. The van der Waals surface area contributed by atoms with Crippen LogP contribution in [0.5, 0.6) is 11.5 Å². The summed E-state index contributed by atoms with van der Waals surface area (Å²) < 4.78 is 12.7. The first-order valence-corrected chi connectivity index (χ1v) is 11.7.